The van der Waals surface area contributed by atoms with Gasteiger partial charge in [0.25, 0.3) is 0 Å². The Balaban J connectivity index is 2.26. The molecule has 1 rings (SSSR count). The molecule has 0 spiro atoms. The molecule has 0 saturated heterocycles. The van der Waals surface area contributed by atoms with E-state index in [0.717, 1.165) is 12.8 Å². The number of amides is 1. The molecule has 3 heteroatoms. The Hall–Kier alpha value is -1.35. The van der Waals surface area contributed by atoms with Gasteiger partial charge in [0.2, 0.25) is 5.91 Å². The van der Waals surface area contributed by atoms with Gasteiger partial charge < -0.3 is 11.5 Å². The molecule has 0 heterocycles. The molecule has 0 fully saturated rings. The SMILES string of the molecule is NC(=O)[C@H](N)CCCc1ccccc1. The Kier molecular flexibility index (Phi) is 4.13. The number of hydrogen-bond donors (Lipinski definition) is 2. The maximum Gasteiger partial charge on any atom is 0.234 e. The minimum Gasteiger partial charge on any atom is -0.368 e. The van der Waals surface area contributed by atoms with Gasteiger partial charge in [0, 0.05) is 0 Å². The Morgan fingerprint density at radius 1 is 1.29 bits per heavy atom. The summed E-state index contributed by atoms with van der Waals surface area (Å²) in [6, 6.07) is 9.62. The first-order valence-corrected chi connectivity index (χ1v) is 4.79. The van der Waals surface area contributed by atoms with E-state index in [1.54, 1.807) is 0 Å². The van der Waals surface area contributed by atoms with Crippen molar-refractivity contribution in [3.8, 4) is 0 Å². The maximum atomic E-state index is 10.6. The monoisotopic (exact) mass is 192 g/mol. The third kappa shape index (κ3) is 3.58. The zero-order valence-electron chi connectivity index (χ0n) is 8.15. The second kappa shape index (κ2) is 5.40. The van der Waals surface area contributed by atoms with Crippen molar-refractivity contribution in [1.29, 1.82) is 0 Å². The Labute approximate surface area is 84.1 Å². The van der Waals surface area contributed by atoms with E-state index >= 15 is 0 Å². The van der Waals surface area contributed by atoms with Crippen LogP contribution < -0.4 is 11.5 Å². The Morgan fingerprint density at radius 2 is 1.93 bits per heavy atom. The first-order valence-electron chi connectivity index (χ1n) is 4.79. The van der Waals surface area contributed by atoms with Crippen molar-refractivity contribution in [2.45, 2.75) is 25.3 Å². The number of carbonyl (C=O) groups is 1. The summed E-state index contributed by atoms with van der Waals surface area (Å²) < 4.78 is 0. The predicted molar refractivity (Wildman–Crippen MR) is 56.5 cm³/mol. The van der Waals surface area contributed by atoms with Gasteiger partial charge in [-0.3, -0.25) is 4.79 Å². The molecule has 14 heavy (non-hydrogen) atoms. The zero-order chi connectivity index (χ0) is 10.4. The normalized spacial score (nSPS) is 12.4. The smallest absolute Gasteiger partial charge is 0.234 e. The van der Waals surface area contributed by atoms with Crippen LogP contribution in [0.25, 0.3) is 0 Å². The number of primary amides is 1. The van der Waals surface area contributed by atoms with E-state index in [1.165, 1.54) is 5.56 Å². The lowest BCUT2D eigenvalue weighted by atomic mass is 10.1. The van der Waals surface area contributed by atoms with Gasteiger partial charge in [-0.05, 0) is 24.8 Å². The van der Waals surface area contributed by atoms with Gasteiger partial charge in [0.05, 0.1) is 6.04 Å². The molecule has 0 saturated carbocycles. The van der Waals surface area contributed by atoms with Gasteiger partial charge in [-0.1, -0.05) is 30.3 Å². The van der Waals surface area contributed by atoms with Crippen molar-refractivity contribution < 1.29 is 4.79 Å². The molecule has 0 aliphatic heterocycles. The van der Waals surface area contributed by atoms with Gasteiger partial charge >= 0.3 is 0 Å². The van der Waals surface area contributed by atoms with Gasteiger partial charge in [-0.15, -0.1) is 0 Å². The molecule has 0 aliphatic rings. The van der Waals surface area contributed by atoms with Crippen molar-refractivity contribution in [3.05, 3.63) is 35.9 Å². The highest BCUT2D eigenvalue weighted by molar-refractivity contribution is 5.79. The van der Waals surface area contributed by atoms with Crippen molar-refractivity contribution in [2.24, 2.45) is 11.5 Å². The number of benzene rings is 1. The first kappa shape index (κ1) is 10.7. The Bertz CT molecular complexity index is 285. The van der Waals surface area contributed by atoms with Gasteiger partial charge in [-0.2, -0.15) is 0 Å². The van der Waals surface area contributed by atoms with E-state index in [-0.39, 0.29) is 0 Å². The third-order valence-electron chi connectivity index (χ3n) is 2.19. The second-order valence-corrected chi connectivity index (χ2v) is 3.39. The van der Waals surface area contributed by atoms with Crippen molar-refractivity contribution in [1.82, 2.24) is 0 Å². The van der Waals surface area contributed by atoms with Crippen LogP contribution in [-0.4, -0.2) is 11.9 Å². The van der Waals surface area contributed by atoms with Gasteiger partial charge in [-0.25, -0.2) is 0 Å². The highest BCUT2D eigenvalue weighted by Gasteiger charge is 2.07. The molecule has 4 N–H and O–H groups in total. The average molecular weight is 192 g/mol. The van der Waals surface area contributed by atoms with E-state index < -0.39 is 11.9 Å². The number of rotatable bonds is 5. The average Bonchev–Trinajstić information content (AvgIpc) is 2.19. The highest BCUT2D eigenvalue weighted by Crippen LogP contribution is 2.05. The van der Waals surface area contributed by atoms with Crippen molar-refractivity contribution in [3.63, 3.8) is 0 Å². The zero-order valence-corrected chi connectivity index (χ0v) is 8.15. The molecule has 1 aromatic carbocycles. The van der Waals surface area contributed by atoms with E-state index in [4.69, 9.17) is 11.5 Å². The maximum absolute atomic E-state index is 10.6. The summed E-state index contributed by atoms with van der Waals surface area (Å²) in [4.78, 5) is 10.6. The molecule has 3 nitrogen and oxygen atoms in total. The molecule has 76 valence electrons. The number of carbonyl (C=O) groups excluding carboxylic acids is 1. The molecule has 1 atom stereocenters. The number of hydrogen-bond acceptors (Lipinski definition) is 2. The topological polar surface area (TPSA) is 69.1 Å². The minimum absolute atomic E-state index is 0.418. The van der Waals surface area contributed by atoms with Crippen LogP contribution in [0.1, 0.15) is 18.4 Å². The molecule has 0 aliphatic carbocycles. The molecule has 0 bridgehead atoms. The van der Waals surface area contributed by atoms with E-state index in [9.17, 15) is 4.79 Å². The van der Waals surface area contributed by atoms with Crippen LogP contribution in [0.4, 0.5) is 0 Å². The summed E-state index contributed by atoms with van der Waals surface area (Å²) in [5.41, 5.74) is 11.8. The summed E-state index contributed by atoms with van der Waals surface area (Å²) >= 11 is 0. The van der Waals surface area contributed by atoms with Crippen molar-refractivity contribution >= 4 is 5.91 Å². The summed E-state index contributed by atoms with van der Waals surface area (Å²) in [5, 5.41) is 0. The lowest BCUT2D eigenvalue weighted by molar-refractivity contribution is -0.119. The molecule has 1 amide bonds. The lowest BCUT2D eigenvalue weighted by Crippen LogP contribution is -2.36. The fraction of sp³-hybridized carbons (Fsp3) is 0.364. The van der Waals surface area contributed by atoms with E-state index in [1.807, 2.05) is 18.2 Å². The van der Waals surface area contributed by atoms with Crippen LogP contribution in [-0.2, 0) is 11.2 Å². The standard InChI is InChI=1S/C11H16N2O/c12-10(11(13)14)8-4-7-9-5-2-1-3-6-9/h1-3,5-6,10H,4,7-8,12H2,(H2,13,14)/t10-/m1/s1. The van der Waals surface area contributed by atoms with Crippen LogP contribution >= 0.6 is 0 Å². The largest absolute Gasteiger partial charge is 0.368 e. The highest BCUT2D eigenvalue weighted by atomic mass is 16.1. The molecular formula is C11H16N2O. The van der Waals surface area contributed by atoms with E-state index in [2.05, 4.69) is 12.1 Å². The predicted octanol–water partition coefficient (Wildman–Crippen LogP) is 0.822. The summed E-state index contributed by atoms with van der Waals surface area (Å²) in [7, 11) is 0. The third-order valence-corrected chi connectivity index (χ3v) is 2.19. The van der Waals surface area contributed by atoms with Crippen LogP contribution in [0, 0.1) is 0 Å². The Morgan fingerprint density at radius 3 is 2.50 bits per heavy atom. The van der Waals surface area contributed by atoms with Crippen LogP contribution in [0.3, 0.4) is 0 Å². The summed E-state index contributed by atoms with van der Waals surface area (Å²) in [5.74, 6) is -0.418. The van der Waals surface area contributed by atoms with Gasteiger partial charge in [0.1, 0.15) is 0 Å². The minimum atomic E-state index is -0.501. The molecule has 0 aromatic heterocycles. The fourth-order valence-electron chi connectivity index (χ4n) is 1.31. The van der Waals surface area contributed by atoms with Crippen molar-refractivity contribution in [2.75, 3.05) is 0 Å². The van der Waals surface area contributed by atoms with Crippen LogP contribution in [0.5, 0.6) is 0 Å². The summed E-state index contributed by atoms with van der Waals surface area (Å²) in [6.07, 6.45) is 2.50. The molecular weight excluding hydrogens is 176 g/mol. The second-order valence-electron chi connectivity index (χ2n) is 3.39. The summed E-state index contributed by atoms with van der Waals surface area (Å²) in [6.45, 7) is 0. The number of aryl methyl sites for hydroxylation is 1. The fourth-order valence-corrected chi connectivity index (χ4v) is 1.31. The molecule has 0 unspecified atom stereocenters. The molecule has 0 radical (unpaired) electrons. The van der Waals surface area contributed by atoms with Gasteiger partial charge in [0.15, 0.2) is 0 Å². The van der Waals surface area contributed by atoms with Crippen LogP contribution in [0.15, 0.2) is 30.3 Å². The first-order chi connectivity index (χ1) is 6.70. The van der Waals surface area contributed by atoms with Crippen LogP contribution in [0.2, 0.25) is 0 Å². The lowest BCUT2D eigenvalue weighted by Gasteiger charge is -2.06. The molecule has 1 aromatic rings. The number of nitrogens with two attached hydrogens (primary N) is 2. The quantitative estimate of drug-likeness (QED) is 0.725. The van der Waals surface area contributed by atoms with E-state index in [0.29, 0.717) is 6.42 Å².